The Hall–Kier alpha value is 1.66. The maximum absolute atomic E-state index is 8.34. The van der Waals surface area contributed by atoms with Crippen LogP contribution < -0.4 is 0 Å². The minimum absolute atomic E-state index is 0.300. The van der Waals surface area contributed by atoms with Gasteiger partial charge in [-0.25, -0.2) is 0 Å². The topological polar surface area (TPSA) is 26.3 Å². The second kappa shape index (κ2) is 12.3. The molecule has 52 valence electrons. The normalized spacial score (nSPS) is 6.89. The molecule has 0 saturated heterocycles. The average molecular weight is 380 g/mol. The van der Waals surface area contributed by atoms with Crippen molar-refractivity contribution in [3.8, 4) is 0 Å². The molecule has 0 spiro atoms. The van der Waals surface area contributed by atoms with E-state index >= 15 is 0 Å². The molecule has 0 fully saturated rings. The summed E-state index contributed by atoms with van der Waals surface area (Å²) in [7, 11) is 1.59. The summed E-state index contributed by atoms with van der Waals surface area (Å²) in [6, 6.07) is 0. The predicted octanol–water partition coefficient (Wildman–Crippen LogP) is 0.0895. The number of hydrogen-bond acceptors (Lipinski definition) is 4. The van der Waals surface area contributed by atoms with Crippen molar-refractivity contribution in [2.24, 2.45) is 0 Å². The van der Waals surface area contributed by atoms with E-state index in [9.17, 15) is 0 Å². The van der Waals surface area contributed by atoms with E-state index in [0.717, 1.165) is 21.6 Å². The van der Waals surface area contributed by atoms with Gasteiger partial charge in [0.15, 0.2) is 0 Å². The van der Waals surface area contributed by atoms with Gasteiger partial charge in [-0.15, -0.1) is 0 Å². The average Bonchev–Trinajstić information content (AvgIpc) is 1.93. The molecule has 0 heterocycles. The molecule has 0 aromatic rings. The third kappa shape index (κ3) is 12.8. The Morgan fingerprint density at radius 3 is 2.44 bits per heavy atom. The molecule has 6 heteroatoms. The third-order valence-corrected chi connectivity index (χ3v) is 4.37. The van der Waals surface area contributed by atoms with E-state index in [1.165, 1.54) is 0 Å². The molecule has 0 aliphatic heterocycles. The van der Waals surface area contributed by atoms with Gasteiger partial charge in [-0.2, -0.15) is 0 Å². The monoisotopic (exact) mass is 380 g/mol. The second-order valence-corrected chi connectivity index (χ2v) is 4.05. The maximum atomic E-state index is 8.34. The number of rotatable bonds is 1. The molecule has 0 atom stereocenters. The number of ether oxygens (including phenoxy) is 1. The van der Waals surface area contributed by atoms with Crippen LogP contribution in [-0.4, -0.2) is 55.1 Å². The standard InChI is InChI=1S/C3H6OS2.O.Sb.Sn.2H/c1-2-4-3(5)6;;;;;/h2H2,1H3,(H,5,6);;;;;/q;;+1;;;/p-1. The van der Waals surface area contributed by atoms with E-state index in [-0.39, 0.29) is 0 Å². The Morgan fingerprint density at radius 1 is 1.89 bits per heavy atom. The minimum atomic E-state index is 0.300. The van der Waals surface area contributed by atoms with Gasteiger partial charge in [0.25, 0.3) is 0 Å². The Bertz CT molecular complexity index is 82.2. The Labute approximate surface area is 89.8 Å². The van der Waals surface area contributed by atoms with Crippen molar-refractivity contribution in [1.29, 1.82) is 0 Å². The number of thiocarbonyl (C=S) groups is 1. The summed E-state index contributed by atoms with van der Waals surface area (Å²) < 4.78 is 13.9. The van der Waals surface area contributed by atoms with Crippen molar-refractivity contribution in [2.45, 2.75) is 6.92 Å². The molecule has 9 heavy (non-hydrogen) atoms. The Morgan fingerprint density at radius 2 is 2.33 bits per heavy atom. The number of hydrogen-bond donors (Lipinski definition) is 0. The van der Waals surface area contributed by atoms with Crippen molar-refractivity contribution in [1.82, 2.24) is 0 Å². The molecule has 0 rings (SSSR count). The molecule has 0 aromatic carbocycles. The Kier molecular flexibility index (Phi) is 18.2. The van der Waals surface area contributed by atoms with Crippen LogP contribution in [0.3, 0.4) is 0 Å². The molecule has 0 bridgehead atoms. The zero-order valence-electron chi connectivity index (χ0n) is 4.92. The van der Waals surface area contributed by atoms with Crippen molar-refractivity contribution >= 4 is 69.6 Å². The van der Waals surface area contributed by atoms with Crippen LogP contribution in [0.2, 0.25) is 0 Å². The van der Waals surface area contributed by atoms with Gasteiger partial charge in [0, 0.05) is 0 Å². The molecular weight excluding hydrogens is 373 g/mol. The van der Waals surface area contributed by atoms with Crippen molar-refractivity contribution in [2.75, 3.05) is 6.61 Å². The molecule has 0 unspecified atom stereocenters. The quantitative estimate of drug-likeness (QED) is 0.476. The fourth-order valence-electron chi connectivity index (χ4n) is 0.152. The first kappa shape index (κ1) is 13.3. The molecule has 0 aliphatic rings. The van der Waals surface area contributed by atoms with Gasteiger partial charge in [0.2, 0.25) is 0 Å². The first-order chi connectivity index (χ1) is 4.31. The van der Waals surface area contributed by atoms with E-state index in [2.05, 4.69) is 0 Å². The van der Waals surface area contributed by atoms with Crippen LogP contribution in [0.4, 0.5) is 0 Å². The zero-order valence-corrected chi connectivity index (χ0v) is 12.7. The van der Waals surface area contributed by atoms with Crippen LogP contribution in [0.1, 0.15) is 6.92 Å². The molecule has 0 aromatic heterocycles. The van der Waals surface area contributed by atoms with E-state index < -0.39 is 0 Å². The second-order valence-electron chi connectivity index (χ2n) is 0.801. The van der Waals surface area contributed by atoms with Crippen LogP contribution in [-0.2, 0) is 7.81 Å². The SMILES string of the molecule is CCOC(=S)[S][SbH2].[O]=[Sn]. The van der Waals surface area contributed by atoms with Gasteiger partial charge in [-0.05, 0) is 0 Å². The summed E-state index contributed by atoms with van der Waals surface area (Å²) in [5, 5.41) is 0. The van der Waals surface area contributed by atoms with Gasteiger partial charge in [0.05, 0.1) is 0 Å². The van der Waals surface area contributed by atoms with Gasteiger partial charge in [-0.1, -0.05) is 0 Å². The van der Waals surface area contributed by atoms with Crippen molar-refractivity contribution in [3.05, 3.63) is 0 Å². The molecule has 0 aliphatic carbocycles. The van der Waals surface area contributed by atoms with Crippen LogP contribution in [0, 0.1) is 0 Å². The fourth-order valence-corrected chi connectivity index (χ4v) is 1.04. The van der Waals surface area contributed by atoms with Gasteiger partial charge in [0.1, 0.15) is 0 Å². The first-order valence-electron chi connectivity index (χ1n) is 2.05. The molecule has 0 amide bonds. The predicted molar refractivity (Wildman–Crippen MR) is 46.8 cm³/mol. The van der Waals surface area contributed by atoms with Gasteiger partial charge >= 0.3 is 90.9 Å². The first-order valence-corrected chi connectivity index (χ1v) is 8.54. The summed E-state index contributed by atoms with van der Waals surface area (Å²) in [5.74, 6) is 0. The molecule has 0 saturated carbocycles. The van der Waals surface area contributed by atoms with Crippen LogP contribution >= 0.6 is 21.1 Å². The summed E-state index contributed by atoms with van der Waals surface area (Å²) in [5.41, 5.74) is 0. The molecule has 2 nitrogen and oxygen atoms in total. The van der Waals surface area contributed by atoms with E-state index in [4.69, 9.17) is 20.0 Å². The molecule has 0 N–H and O–H groups in total. The summed E-state index contributed by atoms with van der Waals surface area (Å²) in [4.78, 5) is 0. The molecular formula is C3H7O2S2SbSn. The zero-order chi connectivity index (χ0) is 7.70. The van der Waals surface area contributed by atoms with Crippen molar-refractivity contribution in [3.63, 3.8) is 0 Å². The summed E-state index contributed by atoms with van der Waals surface area (Å²) >= 11 is 6.12. The van der Waals surface area contributed by atoms with E-state index in [1.54, 1.807) is 8.85 Å². The summed E-state index contributed by atoms with van der Waals surface area (Å²) in [6.07, 6.45) is 0. The van der Waals surface area contributed by atoms with Crippen LogP contribution in [0.15, 0.2) is 0 Å². The van der Waals surface area contributed by atoms with Gasteiger partial charge in [-0.3, -0.25) is 0 Å². The van der Waals surface area contributed by atoms with Crippen LogP contribution in [0.5, 0.6) is 0 Å². The van der Waals surface area contributed by atoms with E-state index in [1.807, 2.05) is 6.92 Å². The third-order valence-electron chi connectivity index (χ3n) is 0.358. The Balaban J connectivity index is 0. The van der Waals surface area contributed by atoms with E-state index in [0.29, 0.717) is 33.5 Å². The molecule has 2 radical (unpaired) electrons. The van der Waals surface area contributed by atoms with Crippen molar-refractivity contribution < 1.29 is 7.81 Å². The fraction of sp³-hybridized carbons (Fsp3) is 0.667. The van der Waals surface area contributed by atoms with Crippen LogP contribution in [0.25, 0.3) is 0 Å². The van der Waals surface area contributed by atoms with Gasteiger partial charge < -0.3 is 0 Å². The summed E-state index contributed by atoms with van der Waals surface area (Å²) in [6.45, 7) is 2.63.